The lowest BCUT2D eigenvalue weighted by Crippen LogP contribution is -2.33. The van der Waals surface area contributed by atoms with Crippen molar-refractivity contribution in [3.05, 3.63) is 15.8 Å². The number of hydrogen-bond donors (Lipinski definition) is 1. The first-order chi connectivity index (χ1) is 8.56. The Kier molecular flexibility index (Phi) is 2.36. The summed E-state index contributed by atoms with van der Waals surface area (Å²) in [6, 6.07) is 0.377. The highest BCUT2D eigenvalue weighted by Gasteiger charge is 2.41. The van der Waals surface area contributed by atoms with Crippen LogP contribution in [0.25, 0.3) is 0 Å². The Morgan fingerprint density at radius 1 is 1.44 bits per heavy atom. The molecule has 1 aromatic heterocycles. The van der Waals surface area contributed by atoms with Gasteiger partial charge < -0.3 is 10.6 Å². The molecule has 18 heavy (non-hydrogen) atoms. The highest BCUT2D eigenvalue weighted by Crippen LogP contribution is 2.42. The molecule has 2 aliphatic rings. The van der Waals surface area contributed by atoms with Crippen LogP contribution in [0.1, 0.15) is 25.0 Å². The number of anilines is 2. The van der Waals surface area contributed by atoms with E-state index < -0.39 is 4.92 Å². The van der Waals surface area contributed by atoms with Gasteiger partial charge in [0.05, 0.1) is 4.92 Å². The normalized spacial score (nSPS) is 25.7. The maximum absolute atomic E-state index is 11.2. The largest absolute Gasteiger partial charge is 0.368 e. The fourth-order valence-corrected chi connectivity index (χ4v) is 3.17. The summed E-state index contributed by atoms with van der Waals surface area (Å²) in [6.07, 6.45) is 3.42. The third-order valence-electron chi connectivity index (χ3n) is 3.92. The lowest BCUT2D eigenvalue weighted by molar-refractivity contribution is -0.385. The molecule has 0 spiro atoms. The summed E-state index contributed by atoms with van der Waals surface area (Å²) in [4.78, 5) is 20.8. The van der Waals surface area contributed by atoms with Crippen molar-refractivity contribution < 1.29 is 4.92 Å². The molecule has 1 aliphatic heterocycles. The minimum Gasteiger partial charge on any atom is -0.368 e. The molecule has 2 N–H and O–H groups in total. The lowest BCUT2D eigenvalue weighted by atomic mass is 10.1. The van der Waals surface area contributed by atoms with Gasteiger partial charge in [-0.2, -0.15) is 4.98 Å². The second-order valence-corrected chi connectivity index (χ2v) is 5.08. The quantitative estimate of drug-likeness (QED) is 0.626. The molecule has 2 bridgehead atoms. The van der Waals surface area contributed by atoms with Crippen molar-refractivity contribution in [1.82, 2.24) is 9.97 Å². The maximum Gasteiger partial charge on any atom is 0.332 e. The molecule has 96 valence electrons. The molecule has 2 heterocycles. The topological polar surface area (TPSA) is 98.2 Å². The molecule has 1 aliphatic carbocycles. The van der Waals surface area contributed by atoms with Crippen LogP contribution in [0.2, 0.25) is 0 Å². The molecular weight excluding hydrogens is 234 g/mol. The van der Waals surface area contributed by atoms with E-state index in [4.69, 9.17) is 5.73 Å². The third-order valence-corrected chi connectivity index (χ3v) is 3.92. The Balaban J connectivity index is 2.08. The first kappa shape index (κ1) is 11.2. The van der Waals surface area contributed by atoms with Gasteiger partial charge in [-0.05, 0) is 32.1 Å². The van der Waals surface area contributed by atoms with Crippen LogP contribution in [0, 0.1) is 23.0 Å². The molecule has 1 aromatic rings. The molecule has 1 saturated heterocycles. The summed E-state index contributed by atoms with van der Waals surface area (Å²) in [5.41, 5.74) is 5.96. The second kappa shape index (κ2) is 3.79. The van der Waals surface area contributed by atoms with Crippen molar-refractivity contribution in [2.75, 3.05) is 17.2 Å². The van der Waals surface area contributed by atoms with Crippen molar-refractivity contribution in [3.63, 3.8) is 0 Å². The zero-order chi connectivity index (χ0) is 12.9. The number of aryl methyl sites for hydroxylation is 1. The van der Waals surface area contributed by atoms with Gasteiger partial charge in [-0.25, -0.2) is 4.98 Å². The van der Waals surface area contributed by atoms with Crippen LogP contribution >= 0.6 is 0 Å². The predicted molar refractivity (Wildman–Crippen MR) is 66.3 cm³/mol. The number of rotatable bonds is 2. The van der Waals surface area contributed by atoms with Crippen molar-refractivity contribution >= 4 is 17.5 Å². The molecule has 2 unspecified atom stereocenters. The Morgan fingerprint density at radius 2 is 2.22 bits per heavy atom. The number of piperidine rings is 1. The van der Waals surface area contributed by atoms with Crippen LogP contribution in [0.4, 0.5) is 17.5 Å². The van der Waals surface area contributed by atoms with Gasteiger partial charge >= 0.3 is 5.69 Å². The van der Waals surface area contributed by atoms with Gasteiger partial charge in [0.25, 0.3) is 0 Å². The minimum atomic E-state index is -0.407. The van der Waals surface area contributed by atoms with Crippen molar-refractivity contribution in [3.8, 4) is 0 Å². The zero-order valence-electron chi connectivity index (χ0n) is 10.2. The van der Waals surface area contributed by atoms with Gasteiger partial charge in [0.1, 0.15) is 5.69 Å². The van der Waals surface area contributed by atoms with Gasteiger partial charge in [0.2, 0.25) is 11.8 Å². The number of hydrogen-bond acceptors (Lipinski definition) is 6. The molecule has 7 heteroatoms. The Bertz CT molecular complexity index is 518. The first-order valence-corrected chi connectivity index (χ1v) is 6.11. The van der Waals surface area contributed by atoms with Crippen molar-refractivity contribution in [2.45, 2.75) is 32.2 Å². The third kappa shape index (κ3) is 1.58. The van der Waals surface area contributed by atoms with E-state index in [-0.39, 0.29) is 11.6 Å². The number of nitrogens with zero attached hydrogens (tertiary/aromatic N) is 4. The van der Waals surface area contributed by atoms with E-state index in [0.29, 0.717) is 23.5 Å². The Labute approximate surface area is 104 Å². The van der Waals surface area contributed by atoms with E-state index in [0.717, 1.165) is 19.4 Å². The lowest BCUT2D eigenvalue weighted by Gasteiger charge is -2.27. The Morgan fingerprint density at radius 3 is 2.78 bits per heavy atom. The molecule has 7 nitrogen and oxygen atoms in total. The number of fused-ring (bicyclic) bond motifs is 2. The molecule has 3 rings (SSSR count). The molecule has 0 radical (unpaired) electrons. The molecule has 0 aromatic carbocycles. The van der Waals surface area contributed by atoms with Gasteiger partial charge in [-0.3, -0.25) is 10.1 Å². The average Bonchev–Trinajstić information content (AvgIpc) is 2.88. The van der Waals surface area contributed by atoms with E-state index in [1.165, 1.54) is 6.42 Å². The van der Waals surface area contributed by atoms with E-state index >= 15 is 0 Å². The van der Waals surface area contributed by atoms with Gasteiger partial charge in [0.15, 0.2) is 0 Å². The molecule has 2 atom stereocenters. The second-order valence-electron chi connectivity index (χ2n) is 5.08. The predicted octanol–water partition coefficient (Wildman–Crippen LogP) is 1.26. The van der Waals surface area contributed by atoms with Crippen molar-refractivity contribution in [1.29, 1.82) is 0 Å². The fraction of sp³-hybridized carbons (Fsp3) is 0.636. The van der Waals surface area contributed by atoms with Crippen molar-refractivity contribution in [2.24, 2.45) is 5.92 Å². The van der Waals surface area contributed by atoms with Crippen LogP contribution in [-0.2, 0) is 0 Å². The number of nitro groups is 1. The van der Waals surface area contributed by atoms with E-state index in [9.17, 15) is 10.1 Å². The molecule has 2 fully saturated rings. The van der Waals surface area contributed by atoms with Crippen LogP contribution in [0.5, 0.6) is 0 Å². The summed E-state index contributed by atoms with van der Waals surface area (Å²) in [7, 11) is 0. The van der Waals surface area contributed by atoms with Crippen LogP contribution < -0.4 is 10.6 Å². The highest BCUT2D eigenvalue weighted by molar-refractivity contribution is 5.63. The minimum absolute atomic E-state index is 0.00301. The van der Waals surface area contributed by atoms with Crippen LogP contribution in [-0.4, -0.2) is 27.5 Å². The average molecular weight is 249 g/mol. The summed E-state index contributed by atoms with van der Waals surface area (Å²) in [5.74, 6) is 1.15. The first-order valence-electron chi connectivity index (χ1n) is 6.11. The zero-order valence-corrected chi connectivity index (χ0v) is 10.2. The fourth-order valence-electron chi connectivity index (χ4n) is 3.17. The number of aromatic nitrogens is 2. The number of nitrogens with two attached hydrogens (primary N) is 1. The van der Waals surface area contributed by atoms with Crippen LogP contribution in [0.15, 0.2) is 0 Å². The monoisotopic (exact) mass is 249 g/mol. The molecule has 1 saturated carbocycles. The summed E-state index contributed by atoms with van der Waals surface area (Å²) < 4.78 is 0. The van der Waals surface area contributed by atoms with E-state index in [1.54, 1.807) is 6.92 Å². The van der Waals surface area contributed by atoms with Gasteiger partial charge in [-0.15, -0.1) is 0 Å². The van der Waals surface area contributed by atoms with Crippen LogP contribution in [0.3, 0.4) is 0 Å². The smallest absolute Gasteiger partial charge is 0.332 e. The highest BCUT2D eigenvalue weighted by atomic mass is 16.6. The summed E-state index contributed by atoms with van der Waals surface area (Å²) >= 11 is 0. The van der Waals surface area contributed by atoms with E-state index in [1.807, 2.05) is 4.90 Å². The number of nitrogen functional groups attached to an aromatic ring is 1. The van der Waals surface area contributed by atoms with Gasteiger partial charge in [0, 0.05) is 12.6 Å². The maximum atomic E-state index is 11.2. The Hall–Kier alpha value is -1.92. The molecule has 0 amide bonds. The molecular formula is C11H15N5O2. The standard InChI is InChI=1S/C11H15N5O2/c1-6-9(16(17)18)10(14-11(12)13-6)15-5-7-2-3-8(15)4-7/h7-8H,2-5H2,1H3,(H2,12,13,14). The van der Waals surface area contributed by atoms with E-state index in [2.05, 4.69) is 9.97 Å². The summed E-state index contributed by atoms with van der Waals surface area (Å²) in [6.45, 7) is 2.45. The van der Waals surface area contributed by atoms with Gasteiger partial charge in [-0.1, -0.05) is 0 Å². The SMILES string of the molecule is Cc1nc(N)nc(N2CC3CCC2C3)c1[N+](=O)[O-]. The summed E-state index contributed by atoms with van der Waals surface area (Å²) in [5, 5.41) is 11.2.